The predicted molar refractivity (Wildman–Crippen MR) is 92.4 cm³/mol. The molecular weight excluding hydrogens is 324 g/mol. The van der Waals surface area contributed by atoms with Gasteiger partial charge in [0.05, 0.1) is 23.2 Å². The third-order valence-corrected chi connectivity index (χ3v) is 4.28. The summed E-state index contributed by atoms with van der Waals surface area (Å²) in [5.74, 6) is -0.851. The molecule has 1 atom stereocenters. The van der Waals surface area contributed by atoms with Crippen LogP contribution in [0.15, 0.2) is 41.1 Å². The van der Waals surface area contributed by atoms with E-state index in [2.05, 4.69) is 0 Å². The molecule has 0 bridgehead atoms. The standard InChI is InChI=1S/C18H20N2O5/c1-5-11(2)19-12(3)16(18(22)25-4)15(17(19)21)10-13-6-8-14(9-7-13)20(23)24/h6-11H,5H2,1-4H3/b15-10-/t11-/m1/s1. The van der Waals surface area contributed by atoms with Gasteiger partial charge in [0, 0.05) is 23.9 Å². The maximum absolute atomic E-state index is 12.8. The third kappa shape index (κ3) is 3.45. The fraction of sp³-hybridized carbons (Fsp3) is 0.333. The number of benzene rings is 1. The highest BCUT2D eigenvalue weighted by Gasteiger charge is 2.38. The second-order valence-corrected chi connectivity index (χ2v) is 5.79. The summed E-state index contributed by atoms with van der Waals surface area (Å²) in [6.45, 7) is 5.58. The van der Waals surface area contributed by atoms with Crippen molar-refractivity contribution >= 4 is 23.6 Å². The smallest absolute Gasteiger partial charge is 0.340 e. The van der Waals surface area contributed by atoms with Gasteiger partial charge in [-0.05, 0) is 44.0 Å². The number of nitro benzene ring substituents is 1. The van der Waals surface area contributed by atoms with E-state index in [0.717, 1.165) is 6.42 Å². The third-order valence-electron chi connectivity index (χ3n) is 4.28. The Morgan fingerprint density at radius 2 is 1.96 bits per heavy atom. The molecule has 1 aromatic carbocycles. The maximum Gasteiger partial charge on any atom is 0.340 e. The summed E-state index contributed by atoms with van der Waals surface area (Å²) in [6.07, 6.45) is 2.30. The number of rotatable bonds is 5. The van der Waals surface area contributed by atoms with Gasteiger partial charge >= 0.3 is 5.97 Å². The van der Waals surface area contributed by atoms with E-state index in [9.17, 15) is 19.7 Å². The summed E-state index contributed by atoms with van der Waals surface area (Å²) in [5.41, 5.74) is 1.57. The van der Waals surface area contributed by atoms with Crippen LogP contribution in [0, 0.1) is 10.1 Å². The Bertz CT molecular complexity index is 777. The molecule has 0 unspecified atom stereocenters. The minimum absolute atomic E-state index is 0.0407. The van der Waals surface area contributed by atoms with Crippen molar-refractivity contribution in [2.24, 2.45) is 0 Å². The normalized spacial score (nSPS) is 17.2. The minimum atomic E-state index is -0.579. The highest BCUT2D eigenvalue weighted by Crippen LogP contribution is 2.33. The molecule has 0 fully saturated rings. The van der Waals surface area contributed by atoms with Crippen LogP contribution in [0.1, 0.15) is 32.8 Å². The van der Waals surface area contributed by atoms with Gasteiger partial charge in [-0.3, -0.25) is 14.9 Å². The topological polar surface area (TPSA) is 89.8 Å². The lowest BCUT2D eigenvalue weighted by Crippen LogP contribution is -2.33. The van der Waals surface area contributed by atoms with Crippen molar-refractivity contribution in [1.29, 1.82) is 0 Å². The van der Waals surface area contributed by atoms with Crippen LogP contribution in [0.4, 0.5) is 5.69 Å². The molecule has 1 heterocycles. The molecule has 1 aromatic rings. The number of carbonyl (C=O) groups is 2. The van der Waals surface area contributed by atoms with Crippen LogP contribution in [0.2, 0.25) is 0 Å². The summed E-state index contributed by atoms with van der Waals surface area (Å²) in [7, 11) is 1.27. The zero-order chi connectivity index (χ0) is 18.7. The Balaban J connectivity index is 2.51. The summed E-state index contributed by atoms with van der Waals surface area (Å²) >= 11 is 0. The van der Waals surface area contributed by atoms with E-state index in [1.54, 1.807) is 17.9 Å². The average molecular weight is 344 g/mol. The lowest BCUT2D eigenvalue weighted by Gasteiger charge is -2.24. The summed E-state index contributed by atoms with van der Waals surface area (Å²) in [6, 6.07) is 5.72. The second kappa shape index (κ2) is 7.29. The van der Waals surface area contributed by atoms with Crippen LogP contribution in [0.25, 0.3) is 6.08 Å². The van der Waals surface area contributed by atoms with Crippen molar-refractivity contribution in [3.63, 3.8) is 0 Å². The zero-order valence-electron chi connectivity index (χ0n) is 14.6. The Kier molecular flexibility index (Phi) is 5.36. The maximum atomic E-state index is 12.8. The Hall–Kier alpha value is -2.96. The highest BCUT2D eigenvalue weighted by atomic mass is 16.6. The Morgan fingerprint density at radius 3 is 2.44 bits per heavy atom. The van der Waals surface area contributed by atoms with Crippen molar-refractivity contribution in [2.75, 3.05) is 7.11 Å². The van der Waals surface area contributed by atoms with E-state index in [1.807, 2.05) is 13.8 Å². The Morgan fingerprint density at radius 1 is 1.36 bits per heavy atom. The molecule has 25 heavy (non-hydrogen) atoms. The van der Waals surface area contributed by atoms with Gasteiger partial charge in [-0.1, -0.05) is 6.92 Å². The SMILES string of the molecule is CC[C@@H](C)N1C(=O)/C(=C\c2ccc([N+](=O)[O-])cc2)C(C(=O)OC)=C1C. The second-order valence-electron chi connectivity index (χ2n) is 5.79. The zero-order valence-corrected chi connectivity index (χ0v) is 14.6. The molecule has 7 nitrogen and oxygen atoms in total. The van der Waals surface area contributed by atoms with Crippen molar-refractivity contribution in [3.05, 3.63) is 56.8 Å². The van der Waals surface area contributed by atoms with Gasteiger partial charge in [0.15, 0.2) is 0 Å². The van der Waals surface area contributed by atoms with Crippen molar-refractivity contribution in [3.8, 4) is 0 Å². The minimum Gasteiger partial charge on any atom is -0.465 e. The van der Waals surface area contributed by atoms with E-state index in [0.29, 0.717) is 11.3 Å². The molecule has 0 aromatic heterocycles. The molecule has 0 N–H and O–H groups in total. The first-order chi connectivity index (χ1) is 11.8. The first-order valence-corrected chi connectivity index (χ1v) is 7.91. The fourth-order valence-corrected chi connectivity index (χ4v) is 2.77. The number of amides is 1. The number of nitro groups is 1. The number of hydrogen-bond donors (Lipinski definition) is 0. The molecule has 7 heteroatoms. The molecule has 1 aliphatic rings. The van der Waals surface area contributed by atoms with Gasteiger partial charge in [0.2, 0.25) is 0 Å². The molecule has 0 saturated carbocycles. The number of methoxy groups -OCH3 is 1. The Labute approximate surface area is 145 Å². The monoisotopic (exact) mass is 344 g/mol. The predicted octanol–water partition coefficient (Wildman–Crippen LogP) is 3.07. The summed E-state index contributed by atoms with van der Waals surface area (Å²) < 4.78 is 4.83. The number of carbonyl (C=O) groups excluding carboxylic acids is 2. The molecule has 1 amide bonds. The molecule has 1 aliphatic heterocycles. The van der Waals surface area contributed by atoms with Crippen LogP contribution in [0.3, 0.4) is 0 Å². The van der Waals surface area contributed by atoms with Crippen molar-refractivity contribution in [1.82, 2.24) is 4.90 Å². The van der Waals surface area contributed by atoms with Gasteiger partial charge in [-0.2, -0.15) is 0 Å². The van der Waals surface area contributed by atoms with Gasteiger partial charge in [-0.15, -0.1) is 0 Å². The lowest BCUT2D eigenvalue weighted by atomic mass is 10.0. The van der Waals surface area contributed by atoms with Crippen molar-refractivity contribution in [2.45, 2.75) is 33.2 Å². The van der Waals surface area contributed by atoms with E-state index in [-0.39, 0.29) is 28.8 Å². The first kappa shape index (κ1) is 18.4. The van der Waals surface area contributed by atoms with Gasteiger partial charge in [-0.25, -0.2) is 4.79 Å². The molecule has 2 rings (SSSR count). The quantitative estimate of drug-likeness (QED) is 0.354. The number of nitrogens with zero attached hydrogens (tertiary/aromatic N) is 2. The number of esters is 1. The number of ether oxygens (including phenoxy) is 1. The van der Waals surface area contributed by atoms with Gasteiger partial charge in [0.25, 0.3) is 11.6 Å². The number of hydrogen-bond acceptors (Lipinski definition) is 5. The molecule has 0 aliphatic carbocycles. The van der Waals surface area contributed by atoms with Crippen LogP contribution < -0.4 is 0 Å². The van der Waals surface area contributed by atoms with Crippen molar-refractivity contribution < 1.29 is 19.2 Å². The molecule has 132 valence electrons. The van der Waals surface area contributed by atoms with Crippen LogP contribution in [-0.2, 0) is 14.3 Å². The lowest BCUT2D eigenvalue weighted by molar-refractivity contribution is -0.384. The molecule has 0 saturated heterocycles. The summed E-state index contributed by atoms with van der Waals surface area (Å²) in [4.78, 5) is 36.8. The summed E-state index contributed by atoms with van der Waals surface area (Å²) in [5, 5.41) is 10.7. The fourth-order valence-electron chi connectivity index (χ4n) is 2.77. The molecule has 0 radical (unpaired) electrons. The first-order valence-electron chi connectivity index (χ1n) is 7.91. The average Bonchev–Trinajstić information content (AvgIpc) is 2.84. The van der Waals surface area contributed by atoms with Crippen LogP contribution in [-0.4, -0.2) is 34.9 Å². The number of non-ortho nitro benzene ring substituents is 1. The highest BCUT2D eigenvalue weighted by molar-refractivity contribution is 6.16. The molecular formula is C18H20N2O5. The number of allylic oxidation sites excluding steroid dienone is 1. The van der Waals surface area contributed by atoms with E-state index in [4.69, 9.17) is 4.74 Å². The van der Waals surface area contributed by atoms with E-state index in [1.165, 1.54) is 31.4 Å². The van der Waals surface area contributed by atoms with Crippen LogP contribution >= 0.6 is 0 Å². The van der Waals surface area contributed by atoms with E-state index < -0.39 is 10.9 Å². The molecule has 0 spiro atoms. The largest absolute Gasteiger partial charge is 0.465 e. The van der Waals surface area contributed by atoms with E-state index >= 15 is 0 Å². The van der Waals surface area contributed by atoms with Gasteiger partial charge in [0.1, 0.15) is 0 Å². The van der Waals surface area contributed by atoms with Gasteiger partial charge < -0.3 is 9.64 Å². The van der Waals surface area contributed by atoms with Crippen LogP contribution in [0.5, 0.6) is 0 Å².